The second kappa shape index (κ2) is 11.8. The van der Waals surface area contributed by atoms with Crippen LogP contribution in [0, 0.1) is 0 Å². The Balaban J connectivity index is 1.24. The predicted molar refractivity (Wildman–Crippen MR) is 214 cm³/mol. The third kappa shape index (κ3) is 4.52. The van der Waals surface area contributed by atoms with Crippen LogP contribution < -0.4 is 5.73 Å². The van der Waals surface area contributed by atoms with Crippen molar-refractivity contribution in [1.29, 1.82) is 0 Å². The van der Waals surface area contributed by atoms with E-state index in [0.717, 1.165) is 28.8 Å². The molecule has 10 rings (SSSR count). The minimum Gasteiger partial charge on any atom is -0.398 e. The smallest absolute Gasteiger partial charge is 0.0764 e. The zero-order valence-electron chi connectivity index (χ0n) is 28.0. The van der Waals surface area contributed by atoms with Crippen LogP contribution in [0.5, 0.6) is 0 Å². The molecule has 3 heterocycles. The summed E-state index contributed by atoms with van der Waals surface area (Å²) in [5, 5.41) is 2.57. The lowest BCUT2D eigenvalue weighted by molar-refractivity contribution is 0.689. The lowest BCUT2D eigenvalue weighted by Crippen LogP contribution is -2.37. The summed E-state index contributed by atoms with van der Waals surface area (Å²) in [5.74, 6) is 0. The van der Waals surface area contributed by atoms with Crippen LogP contribution in [0.15, 0.2) is 192 Å². The Bertz CT molecular complexity index is 2700. The lowest BCUT2D eigenvalue weighted by atomic mass is 9.62. The van der Waals surface area contributed by atoms with Gasteiger partial charge in [-0.25, -0.2) is 0 Å². The highest BCUT2D eigenvalue weighted by molar-refractivity contribution is 7.99. The number of nitrogens with two attached hydrogens (primary N) is 1. The molecule has 3 heteroatoms. The van der Waals surface area contributed by atoms with E-state index < -0.39 is 5.41 Å². The summed E-state index contributed by atoms with van der Waals surface area (Å²) in [6, 6.07) is 61.8. The Morgan fingerprint density at radius 3 is 2.10 bits per heavy atom. The maximum atomic E-state index is 6.80. The number of para-hydroxylation sites is 3. The van der Waals surface area contributed by atoms with Gasteiger partial charge in [0.25, 0.3) is 0 Å². The van der Waals surface area contributed by atoms with Gasteiger partial charge in [-0.1, -0.05) is 163 Å². The third-order valence-corrected chi connectivity index (χ3v) is 11.8. The number of hydrogen-bond donors (Lipinski definition) is 1. The Kier molecular flexibility index (Phi) is 6.90. The van der Waals surface area contributed by atoms with Gasteiger partial charge < -0.3 is 10.3 Å². The first-order chi connectivity index (χ1) is 25.2. The molecule has 0 bridgehead atoms. The highest BCUT2D eigenvalue weighted by Gasteiger charge is 2.49. The van der Waals surface area contributed by atoms with Crippen molar-refractivity contribution in [3.8, 4) is 5.69 Å². The van der Waals surface area contributed by atoms with Crippen molar-refractivity contribution in [3.05, 3.63) is 221 Å². The maximum absolute atomic E-state index is 6.80. The van der Waals surface area contributed by atoms with Gasteiger partial charge in [0, 0.05) is 26.3 Å². The molecule has 0 saturated carbocycles. The Morgan fingerprint density at radius 2 is 1.24 bits per heavy atom. The SMILES string of the molecule is N/C(=C\C(=C/Cc1ccccc1)c1ccc2c(c1)Sc1ccccc1C21c2ccccc2-n2c3ccccc3c3cccc1c32)c1ccccc1. The summed E-state index contributed by atoms with van der Waals surface area (Å²) >= 11 is 1.88. The van der Waals surface area contributed by atoms with Crippen molar-refractivity contribution in [1.82, 2.24) is 4.57 Å². The normalized spacial score (nSPS) is 16.2. The van der Waals surface area contributed by atoms with Crippen molar-refractivity contribution in [3.63, 3.8) is 0 Å². The highest BCUT2D eigenvalue weighted by atomic mass is 32.2. The molecule has 0 saturated heterocycles. The molecule has 0 amide bonds. The van der Waals surface area contributed by atoms with Gasteiger partial charge in [-0.15, -0.1) is 0 Å². The van der Waals surface area contributed by atoms with Crippen LogP contribution in [0.4, 0.5) is 0 Å². The van der Waals surface area contributed by atoms with Crippen LogP contribution in [-0.2, 0) is 11.8 Å². The minimum atomic E-state index is -0.497. The van der Waals surface area contributed by atoms with E-state index in [1.165, 1.54) is 65.1 Å². The fourth-order valence-electron chi connectivity index (χ4n) is 8.49. The van der Waals surface area contributed by atoms with E-state index in [2.05, 4.69) is 168 Å². The van der Waals surface area contributed by atoms with Crippen LogP contribution >= 0.6 is 11.8 Å². The highest BCUT2D eigenvalue weighted by Crippen LogP contribution is 2.60. The number of nitrogens with zero attached hydrogens (tertiary/aromatic N) is 1. The predicted octanol–water partition coefficient (Wildman–Crippen LogP) is 11.6. The van der Waals surface area contributed by atoms with Gasteiger partial charge in [0.15, 0.2) is 0 Å². The second-order valence-corrected chi connectivity index (χ2v) is 14.5. The molecule has 2 aliphatic heterocycles. The van der Waals surface area contributed by atoms with Crippen LogP contribution in [0.3, 0.4) is 0 Å². The van der Waals surface area contributed by atoms with Crippen molar-refractivity contribution in [2.24, 2.45) is 5.73 Å². The van der Waals surface area contributed by atoms with Gasteiger partial charge in [0.1, 0.15) is 0 Å². The van der Waals surface area contributed by atoms with Crippen LogP contribution in [-0.4, -0.2) is 4.57 Å². The second-order valence-electron chi connectivity index (χ2n) is 13.4. The molecule has 0 aliphatic carbocycles. The Labute approximate surface area is 302 Å². The topological polar surface area (TPSA) is 30.9 Å². The summed E-state index contributed by atoms with van der Waals surface area (Å²) in [6.07, 6.45) is 5.27. The molecule has 8 aromatic rings. The number of allylic oxidation sites excluding steroid dienone is 3. The number of aromatic nitrogens is 1. The molecule has 1 aromatic heterocycles. The van der Waals surface area contributed by atoms with Crippen LogP contribution in [0.2, 0.25) is 0 Å². The van der Waals surface area contributed by atoms with Crippen molar-refractivity contribution < 1.29 is 0 Å². The average molecular weight is 671 g/mol. The molecular formula is C48H34N2S. The monoisotopic (exact) mass is 670 g/mol. The van der Waals surface area contributed by atoms with E-state index in [4.69, 9.17) is 5.73 Å². The quantitative estimate of drug-likeness (QED) is 0.185. The fourth-order valence-corrected chi connectivity index (χ4v) is 9.72. The standard InChI is InChI=1S/C48H34N2S/c49-42(33-16-5-2-6-17-33)30-34(27-26-32-14-3-1-4-15-32)35-28-29-40-46(31-35)51-45-25-12-9-21-39(45)48(40)38-20-8-11-24-44(38)50-43-23-10-7-18-36(43)37-19-13-22-41(48)47(37)50/h1-25,27-31H,26,49H2/b34-27+,42-30-. The summed E-state index contributed by atoms with van der Waals surface area (Å²) in [4.78, 5) is 2.55. The molecule has 242 valence electrons. The molecule has 51 heavy (non-hydrogen) atoms. The molecular weight excluding hydrogens is 637 g/mol. The van der Waals surface area contributed by atoms with Gasteiger partial charge in [0.2, 0.25) is 0 Å². The summed E-state index contributed by atoms with van der Waals surface area (Å²) in [7, 11) is 0. The molecule has 2 nitrogen and oxygen atoms in total. The van der Waals surface area contributed by atoms with Gasteiger partial charge >= 0.3 is 0 Å². The number of fused-ring (bicyclic) bond motifs is 11. The molecule has 1 atom stereocenters. The Morgan fingerprint density at radius 1 is 0.569 bits per heavy atom. The first-order valence-corrected chi connectivity index (χ1v) is 18.3. The van der Waals surface area contributed by atoms with E-state index in [1.807, 2.05) is 30.0 Å². The van der Waals surface area contributed by atoms with Gasteiger partial charge in [-0.3, -0.25) is 0 Å². The first-order valence-electron chi connectivity index (χ1n) is 17.5. The summed E-state index contributed by atoms with van der Waals surface area (Å²) in [6.45, 7) is 0. The summed E-state index contributed by atoms with van der Waals surface area (Å²) in [5.41, 5.74) is 20.7. The van der Waals surface area contributed by atoms with Crippen molar-refractivity contribution >= 4 is 44.8 Å². The maximum Gasteiger partial charge on any atom is 0.0764 e. The first kappa shape index (κ1) is 29.8. The average Bonchev–Trinajstić information content (AvgIpc) is 3.54. The lowest BCUT2D eigenvalue weighted by Gasteiger charge is -2.45. The van der Waals surface area contributed by atoms with Crippen molar-refractivity contribution in [2.45, 2.75) is 21.6 Å². The van der Waals surface area contributed by atoms with Crippen LogP contribution in [0.1, 0.15) is 38.9 Å². The third-order valence-electron chi connectivity index (χ3n) is 10.7. The van der Waals surface area contributed by atoms with Crippen molar-refractivity contribution in [2.75, 3.05) is 0 Å². The minimum absolute atomic E-state index is 0.497. The van der Waals surface area contributed by atoms with E-state index in [1.54, 1.807) is 0 Å². The molecule has 7 aromatic carbocycles. The molecule has 0 radical (unpaired) electrons. The fraction of sp³-hybridized carbons (Fsp3) is 0.0417. The van der Waals surface area contributed by atoms with Gasteiger partial charge in [-0.05, 0) is 81.3 Å². The Hall–Kier alpha value is -6.03. The van der Waals surface area contributed by atoms with Gasteiger partial charge in [0.05, 0.1) is 22.1 Å². The largest absolute Gasteiger partial charge is 0.398 e. The molecule has 2 aliphatic rings. The van der Waals surface area contributed by atoms with Gasteiger partial charge in [-0.2, -0.15) is 0 Å². The number of rotatable bonds is 5. The van der Waals surface area contributed by atoms with E-state index in [-0.39, 0.29) is 0 Å². The van der Waals surface area contributed by atoms with E-state index >= 15 is 0 Å². The van der Waals surface area contributed by atoms with Crippen LogP contribution in [0.25, 0.3) is 38.8 Å². The molecule has 0 fully saturated rings. The molecule has 2 N–H and O–H groups in total. The molecule has 1 spiro atoms. The summed E-state index contributed by atoms with van der Waals surface area (Å²) < 4.78 is 2.50. The number of benzene rings is 7. The molecule has 1 unspecified atom stereocenters. The number of hydrogen-bond acceptors (Lipinski definition) is 2. The zero-order valence-corrected chi connectivity index (χ0v) is 28.8. The van der Waals surface area contributed by atoms with E-state index in [9.17, 15) is 0 Å². The van der Waals surface area contributed by atoms with E-state index in [0.29, 0.717) is 0 Å². The zero-order chi connectivity index (χ0) is 33.9.